The van der Waals surface area contributed by atoms with Crippen LogP contribution >= 0.6 is 0 Å². The number of hydrogen-bond donors (Lipinski definition) is 2. The predicted octanol–water partition coefficient (Wildman–Crippen LogP) is -0.533. The second kappa shape index (κ2) is 4.02. The molecule has 2 aromatic rings. The van der Waals surface area contributed by atoms with Crippen molar-refractivity contribution in [2.75, 3.05) is 6.61 Å². The Bertz CT molecular complexity index is 529. The number of fused-ring (bicyclic) bond motifs is 1. The lowest BCUT2D eigenvalue weighted by Gasteiger charge is -2.13. The van der Waals surface area contributed by atoms with Crippen LogP contribution in [0.15, 0.2) is 18.9 Å². The van der Waals surface area contributed by atoms with Gasteiger partial charge in [-0.15, -0.1) is 0 Å². The molecule has 0 bridgehead atoms. The highest BCUT2D eigenvalue weighted by Gasteiger charge is 2.35. The fourth-order valence-corrected chi connectivity index (χ4v) is 2.05. The zero-order valence-electron chi connectivity index (χ0n) is 8.97. The van der Waals surface area contributed by atoms with Crippen LogP contribution in [0.3, 0.4) is 0 Å². The molecular weight excluding hydrogens is 224 g/mol. The van der Waals surface area contributed by atoms with Crippen LogP contribution in [0.2, 0.25) is 0 Å². The largest absolute Gasteiger partial charge is 0.394 e. The highest BCUT2D eigenvalue weighted by Crippen LogP contribution is 2.30. The number of nitrogens with zero attached hydrogens (tertiary/aromatic N) is 4. The molecule has 0 aromatic carbocycles. The first kappa shape index (κ1) is 10.6. The summed E-state index contributed by atoms with van der Waals surface area (Å²) in [6, 6.07) is 0. The van der Waals surface area contributed by atoms with E-state index in [-0.39, 0.29) is 12.8 Å². The van der Waals surface area contributed by atoms with Crippen LogP contribution in [0.25, 0.3) is 11.2 Å². The third-order valence-electron chi connectivity index (χ3n) is 2.93. The molecule has 2 aromatic heterocycles. The van der Waals surface area contributed by atoms with Gasteiger partial charge in [0, 0.05) is 6.42 Å². The second-order valence-electron chi connectivity index (χ2n) is 4.00. The van der Waals surface area contributed by atoms with Crippen molar-refractivity contribution in [3.63, 3.8) is 0 Å². The van der Waals surface area contributed by atoms with Gasteiger partial charge >= 0.3 is 0 Å². The SMILES string of the molecule is OC[C@@H]1O[C@@H](n2cnc3cncnc32)C[C@@H]1O. The first-order valence-corrected chi connectivity index (χ1v) is 5.36. The molecule has 0 saturated carbocycles. The zero-order valence-corrected chi connectivity index (χ0v) is 8.97. The number of aliphatic hydroxyl groups is 2. The summed E-state index contributed by atoms with van der Waals surface area (Å²) in [7, 11) is 0. The van der Waals surface area contributed by atoms with Crippen LogP contribution in [0, 0.1) is 0 Å². The van der Waals surface area contributed by atoms with Crippen molar-refractivity contribution in [1.82, 2.24) is 19.5 Å². The molecule has 7 heteroatoms. The molecule has 0 aliphatic carbocycles. The first-order chi connectivity index (χ1) is 8.29. The second-order valence-corrected chi connectivity index (χ2v) is 4.00. The Kier molecular flexibility index (Phi) is 2.50. The van der Waals surface area contributed by atoms with Crippen LogP contribution in [0.1, 0.15) is 12.6 Å². The van der Waals surface area contributed by atoms with Gasteiger partial charge in [-0.2, -0.15) is 0 Å². The predicted molar refractivity (Wildman–Crippen MR) is 56.9 cm³/mol. The molecule has 0 unspecified atom stereocenters. The number of imidazole rings is 1. The summed E-state index contributed by atoms with van der Waals surface area (Å²) in [4.78, 5) is 12.2. The number of ether oxygens (including phenoxy) is 1. The van der Waals surface area contributed by atoms with E-state index in [2.05, 4.69) is 15.0 Å². The number of rotatable bonds is 2. The Labute approximate surface area is 96.7 Å². The maximum absolute atomic E-state index is 9.68. The topological polar surface area (TPSA) is 93.3 Å². The molecule has 0 amide bonds. The third kappa shape index (κ3) is 1.68. The fraction of sp³-hybridized carbons (Fsp3) is 0.500. The molecule has 3 atom stereocenters. The summed E-state index contributed by atoms with van der Waals surface area (Å²) in [5, 5.41) is 18.7. The minimum atomic E-state index is -0.663. The Hall–Kier alpha value is -1.57. The highest BCUT2D eigenvalue weighted by molar-refractivity contribution is 5.68. The fourth-order valence-electron chi connectivity index (χ4n) is 2.05. The molecule has 3 heterocycles. The summed E-state index contributed by atoms with van der Waals surface area (Å²) in [5.74, 6) is 0. The molecule has 3 rings (SSSR count). The minimum Gasteiger partial charge on any atom is -0.394 e. The van der Waals surface area contributed by atoms with Gasteiger partial charge in [0.1, 0.15) is 24.2 Å². The van der Waals surface area contributed by atoms with E-state index in [9.17, 15) is 5.11 Å². The summed E-state index contributed by atoms with van der Waals surface area (Å²) in [6.45, 7) is -0.195. The lowest BCUT2D eigenvalue weighted by Crippen LogP contribution is -2.24. The highest BCUT2D eigenvalue weighted by atomic mass is 16.5. The smallest absolute Gasteiger partial charge is 0.165 e. The molecule has 90 valence electrons. The quantitative estimate of drug-likeness (QED) is 0.728. The Morgan fingerprint density at radius 1 is 1.47 bits per heavy atom. The van der Waals surface area contributed by atoms with Gasteiger partial charge in [-0.3, -0.25) is 4.57 Å². The molecule has 2 N–H and O–H groups in total. The van der Waals surface area contributed by atoms with Crippen molar-refractivity contribution in [3.05, 3.63) is 18.9 Å². The summed E-state index contributed by atoms with van der Waals surface area (Å²) in [6.07, 6.45) is 3.53. The summed E-state index contributed by atoms with van der Waals surface area (Å²) >= 11 is 0. The van der Waals surface area contributed by atoms with E-state index in [1.165, 1.54) is 6.33 Å². The van der Waals surface area contributed by atoms with Crippen molar-refractivity contribution in [2.24, 2.45) is 0 Å². The average molecular weight is 236 g/mol. The molecule has 1 aliphatic rings. The van der Waals surface area contributed by atoms with Crippen molar-refractivity contribution < 1.29 is 14.9 Å². The Balaban J connectivity index is 1.95. The first-order valence-electron chi connectivity index (χ1n) is 5.36. The molecule has 1 saturated heterocycles. The Morgan fingerprint density at radius 2 is 2.35 bits per heavy atom. The molecule has 17 heavy (non-hydrogen) atoms. The van der Waals surface area contributed by atoms with Gasteiger partial charge < -0.3 is 14.9 Å². The van der Waals surface area contributed by atoms with Gasteiger partial charge in [-0.1, -0.05) is 0 Å². The minimum absolute atomic E-state index is 0.195. The zero-order chi connectivity index (χ0) is 11.8. The molecule has 1 fully saturated rings. The van der Waals surface area contributed by atoms with Crippen LogP contribution < -0.4 is 0 Å². The number of hydrogen-bond acceptors (Lipinski definition) is 6. The van der Waals surface area contributed by atoms with Gasteiger partial charge in [0.25, 0.3) is 0 Å². The normalized spacial score (nSPS) is 28.9. The maximum atomic E-state index is 9.68. The summed E-state index contributed by atoms with van der Waals surface area (Å²) in [5.41, 5.74) is 1.34. The monoisotopic (exact) mass is 236 g/mol. The molecule has 0 radical (unpaired) electrons. The van der Waals surface area contributed by atoms with Crippen molar-refractivity contribution in [2.45, 2.75) is 24.9 Å². The van der Waals surface area contributed by atoms with E-state index in [0.29, 0.717) is 17.6 Å². The number of aliphatic hydroxyl groups excluding tert-OH is 2. The molecule has 7 nitrogen and oxygen atoms in total. The van der Waals surface area contributed by atoms with Crippen LogP contribution in [-0.4, -0.2) is 48.5 Å². The third-order valence-corrected chi connectivity index (χ3v) is 2.93. The van der Waals surface area contributed by atoms with Gasteiger partial charge in [0.15, 0.2) is 5.65 Å². The van der Waals surface area contributed by atoms with Gasteiger partial charge in [0.2, 0.25) is 0 Å². The van der Waals surface area contributed by atoms with E-state index in [4.69, 9.17) is 9.84 Å². The maximum Gasteiger partial charge on any atom is 0.165 e. The molecule has 1 aliphatic heterocycles. The number of aromatic nitrogens is 4. The van der Waals surface area contributed by atoms with E-state index in [0.717, 1.165) is 0 Å². The van der Waals surface area contributed by atoms with Crippen LogP contribution in [0.5, 0.6) is 0 Å². The van der Waals surface area contributed by atoms with Crippen molar-refractivity contribution in [1.29, 1.82) is 0 Å². The van der Waals surface area contributed by atoms with E-state index in [1.54, 1.807) is 17.1 Å². The average Bonchev–Trinajstić information content (AvgIpc) is 2.92. The molecular formula is C10H12N4O3. The van der Waals surface area contributed by atoms with Crippen molar-refractivity contribution >= 4 is 11.2 Å². The van der Waals surface area contributed by atoms with Crippen LogP contribution in [0.4, 0.5) is 0 Å². The summed E-state index contributed by atoms with van der Waals surface area (Å²) < 4.78 is 7.28. The van der Waals surface area contributed by atoms with Gasteiger partial charge in [-0.05, 0) is 0 Å². The lowest BCUT2D eigenvalue weighted by atomic mass is 10.2. The van der Waals surface area contributed by atoms with Crippen molar-refractivity contribution in [3.8, 4) is 0 Å². The van der Waals surface area contributed by atoms with E-state index in [1.807, 2.05) is 0 Å². The van der Waals surface area contributed by atoms with Crippen LogP contribution in [-0.2, 0) is 4.74 Å². The van der Waals surface area contributed by atoms with Gasteiger partial charge in [-0.25, -0.2) is 15.0 Å². The van der Waals surface area contributed by atoms with Gasteiger partial charge in [0.05, 0.1) is 25.2 Å². The van der Waals surface area contributed by atoms with E-state index >= 15 is 0 Å². The molecule has 0 spiro atoms. The van der Waals surface area contributed by atoms with E-state index < -0.39 is 12.2 Å². The standard InChI is InChI=1S/C10H12N4O3/c15-3-8-7(16)1-9(17-8)14-5-13-6-2-11-4-12-10(6)14/h2,4-5,7-9,15-16H,1,3H2/t7-,8-,9+/m0/s1. The lowest BCUT2D eigenvalue weighted by molar-refractivity contribution is -0.0432. The Morgan fingerprint density at radius 3 is 3.12 bits per heavy atom.